The van der Waals surface area contributed by atoms with Crippen molar-refractivity contribution < 1.29 is 18.7 Å². The molecule has 1 aromatic rings. The Bertz CT molecular complexity index is 572. The number of nitrogens with zero attached hydrogens (tertiary/aromatic N) is 1. The van der Waals surface area contributed by atoms with E-state index in [0.29, 0.717) is 44.7 Å². The van der Waals surface area contributed by atoms with Crippen molar-refractivity contribution in [2.75, 3.05) is 26.3 Å². The van der Waals surface area contributed by atoms with Crippen molar-refractivity contribution in [2.24, 2.45) is 5.92 Å². The number of carbonyl (C=O) groups excluding carboxylic acids is 2. The number of carbonyl (C=O) groups is 2. The van der Waals surface area contributed by atoms with Crippen LogP contribution in [0.3, 0.4) is 0 Å². The van der Waals surface area contributed by atoms with E-state index in [0.717, 1.165) is 0 Å². The van der Waals surface area contributed by atoms with E-state index in [1.165, 1.54) is 12.1 Å². The first-order valence-corrected chi connectivity index (χ1v) is 7.58. The Labute approximate surface area is 128 Å². The summed E-state index contributed by atoms with van der Waals surface area (Å²) >= 11 is 0. The minimum absolute atomic E-state index is 0.0348. The third-order valence-electron chi connectivity index (χ3n) is 4.23. The summed E-state index contributed by atoms with van der Waals surface area (Å²) < 4.78 is 18.8. The molecule has 1 N–H and O–H groups in total. The second-order valence-corrected chi connectivity index (χ2v) is 5.67. The van der Waals surface area contributed by atoms with Crippen molar-refractivity contribution in [3.05, 3.63) is 35.6 Å². The van der Waals surface area contributed by atoms with Gasteiger partial charge in [0.15, 0.2) is 0 Å². The van der Waals surface area contributed by atoms with E-state index in [9.17, 15) is 14.0 Å². The Hall–Kier alpha value is -1.95. The molecule has 0 aliphatic carbocycles. The van der Waals surface area contributed by atoms with Crippen LogP contribution in [0.1, 0.15) is 24.4 Å². The van der Waals surface area contributed by atoms with Gasteiger partial charge in [-0.15, -0.1) is 0 Å². The summed E-state index contributed by atoms with van der Waals surface area (Å²) in [6.45, 7) is 2.02. The molecule has 0 bridgehead atoms. The minimum Gasteiger partial charge on any atom is -0.381 e. The van der Waals surface area contributed by atoms with Crippen molar-refractivity contribution in [3.63, 3.8) is 0 Å². The van der Waals surface area contributed by atoms with Crippen LogP contribution in [0.15, 0.2) is 24.3 Å². The summed E-state index contributed by atoms with van der Waals surface area (Å²) in [4.78, 5) is 26.6. The fourth-order valence-corrected chi connectivity index (χ4v) is 3.09. The van der Waals surface area contributed by atoms with Gasteiger partial charge in [0.1, 0.15) is 11.9 Å². The molecule has 1 unspecified atom stereocenters. The van der Waals surface area contributed by atoms with Gasteiger partial charge in [-0.3, -0.25) is 9.59 Å². The van der Waals surface area contributed by atoms with Gasteiger partial charge < -0.3 is 15.0 Å². The van der Waals surface area contributed by atoms with Crippen LogP contribution >= 0.6 is 0 Å². The fourth-order valence-electron chi connectivity index (χ4n) is 3.09. The number of nitrogens with one attached hydrogen (secondary N) is 1. The molecule has 2 saturated heterocycles. The van der Waals surface area contributed by atoms with Crippen LogP contribution < -0.4 is 5.32 Å². The third kappa shape index (κ3) is 2.97. The minimum atomic E-state index is -0.750. The van der Waals surface area contributed by atoms with Gasteiger partial charge in [0.25, 0.3) is 0 Å². The van der Waals surface area contributed by atoms with Crippen LogP contribution in [0.5, 0.6) is 0 Å². The third-order valence-corrected chi connectivity index (χ3v) is 4.23. The molecule has 6 heteroatoms. The quantitative estimate of drug-likeness (QED) is 0.895. The van der Waals surface area contributed by atoms with E-state index in [1.54, 1.807) is 17.0 Å². The number of hydrogen-bond acceptors (Lipinski definition) is 3. The molecule has 2 aliphatic rings. The SMILES string of the molecule is O=C1NCCN(C(=O)C2CCOCC2)C1c1cccc(F)c1. The average Bonchev–Trinajstić information content (AvgIpc) is 2.54. The lowest BCUT2D eigenvalue weighted by molar-refractivity contribution is -0.148. The molecule has 22 heavy (non-hydrogen) atoms. The largest absolute Gasteiger partial charge is 0.381 e. The standard InChI is InChI=1S/C16H19FN2O3/c17-13-3-1-2-12(10-13)14-15(20)18-6-7-19(14)16(21)11-4-8-22-9-5-11/h1-3,10-11,14H,4-9H2,(H,18,20). The van der Waals surface area contributed by atoms with E-state index in [-0.39, 0.29) is 17.7 Å². The van der Waals surface area contributed by atoms with E-state index >= 15 is 0 Å². The number of halogens is 1. The molecule has 0 radical (unpaired) electrons. The molecule has 3 rings (SSSR count). The molecule has 2 amide bonds. The van der Waals surface area contributed by atoms with Gasteiger partial charge in [-0.1, -0.05) is 12.1 Å². The van der Waals surface area contributed by atoms with Gasteiger partial charge in [-0.05, 0) is 30.5 Å². The Morgan fingerprint density at radius 1 is 1.32 bits per heavy atom. The van der Waals surface area contributed by atoms with Crippen LogP contribution in [-0.4, -0.2) is 43.0 Å². The van der Waals surface area contributed by atoms with Gasteiger partial charge >= 0.3 is 0 Å². The van der Waals surface area contributed by atoms with Crippen molar-refractivity contribution in [3.8, 4) is 0 Å². The second-order valence-electron chi connectivity index (χ2n) is 5.67. The Balaban J connectivity index is 1.86. The van der Waals surface area contributed by atoms with Crippen molar-refractivity contribution >= 4 is 11.8 Å². The first kappa shape index (κ1) is 15.0. The van der Waals surface area contributed by atoms with Crippen LogP contribution in [0.2, 0.25) is 0 Å². The molecule has 2 aliphatic heterocycles. The van der Waals surface area contributed by atoms with E-state index in [1.807, 2.05) is 0 Å². The highest BCUT2D eigenvalue weighted by Crippen LogP contribution is 2.28. The predicted octanol–water partition coefficient (Wildman–Crippen LogP) is 1.25. The topological polar surface area (TPSA) is 58.6 Å². The molecule has 118 valence electrons. The molecule has 1 aromatic carbocycles. The maximum absolute atomic E-state index is 13.5. The molecule has 1 atom stereocenters. The normalized spacial score (nSPS) is 23.2. The molecular weight excluding hydrogens is 287 g/mol. The molecule has 0 saturated carbocycles. The van der Waals surface area contributed by atoms with Crippen LogP contribution in [0, 0.1) is 11.7 Å². The lowest BCUT2D eigenvalue weighted by Gasteiger charge is -2.38. The molecule has 0 aromatic heterocycles. The predicted molar refractivity (Wildman–Crippen MR) is 77.4 cm³/mol. The van der Waals surface area contributed by atoms with Crippen molar-refractivity contribution in [1.82, 2.24) is 10.2 Å². The Morgan fingerprint density at radius 3 is 2.82 bits per heavy atom. The maximum atomic E-state index is 13.5. The smallest absolute Gasteiger partial charge is 0.247 e. The first-order valence-electron chi connectivity index (χ1n) is 7.58. The number of benzene rings is 1. The highest BCUT2D eigenvalue weighted by molar-refractivity contribution is 5.90. The van der Waals surface area contributed by atoms with Crippen molar-refractivity contribution in [2.45, 2.75) is 18.9 Å². The van der Waals surface area contributed by atoms with Crippen LogP contribution in [-0.2, 0) is 14.3 Å². The van der Waals surface area contributed by atoms with Gasteiger partial charge in [0, 0.05) is 32.2 Å². The summed E-state index contributed by atoms with van der Waals surface area (Å²) in [5.74, 6) is -0.810. The number of ether oxygens (including phenoxy) is 1. The maximum Gasteiger partial charge on any atom is 0.247 e. The van der Waals surface area contributed by atoms with Gasteiger partial charge in [0.2, 0.25) is 11.8 Å². The molecule has 0 spiro atoms. The highest BCUT2D eigenvalue weighted by Gasteiger charge is 2.37. The molecule has 2 fully saturated rings. The number of hydrogen-bond donors (Lipinski definition) is 1. The van der Waals surface area contributed by atoms with Crippen molar-refractivity contribution in [1.29, 1.82) is 0 Å². The highest BCUT2D eigenvalue weighted by atomic mass is 19.1. The second kappa shape index (κ2) is 6.44. The monoisotopic (exact) mass is 306 g/mol. The van der Waals surface area contributed by atoms with Gasteiger partial charge in [0.05, 0.1) is 0 Å². The summed E-state index contributed by atoms with van der Waals surface area (Å²) in [7, 11) is 0. The zero-order chi connectivity index (χ0) is 15.5. The zero-order valence-electron chi connectivity index (χ0n) is 12.3. The van der Waals surface area contributed by atoms with Crippen LogP contribution in [0.4, 0.5) is 4.39 Å². The summed E-state index contributed by atoms with van der Waals surface area (Å²) in [5.41, 5.74) is 0.512. The average molecular weight is 306 g/mol. The summed E-state index contributed by atoms with van der Waals surface area (Å²) in [6.07, 6.45) is 1.35. The number of piperazine rings is 1. The first-order chi connectivity index (χ1) is 10.7. The number of amides is 2. The summed E-state index contributed by atoms with van der Waals surface area (Å²) in [5, 5.41) is 2.76. The van der Waals surface area contributed by atoms with E-state index in [2.05, 4.69) is 5.32 Å². The number of rotatable bonds is 2. The molecule has 2 heterocycles. The fraction of sp³-hybridized carbons (Fsp3) is 0.500. The van der Waals surface area contributed by atoms with Gasteiger partial charge in [-0.2, -0.15) is 0 Å². The molecule has 5 nitrogen and oxygen atoms in total. The molecular formula is C16H19FN2O3. The summed E-state index contributed by atoms with van der Waals surface area (Å²) in [6, 6.07) is 5.14. The van der Waals surface area contributed by atoms with E-state index in [4.69, 9.17) is 4.74 Å². The lowest BCUT2D eigenvalue weighted by atomic mass is 9.95. The van der Waals surface area contributed by atoms with Crippen LogP contribution in [0.25, 0.3) is 0 Å². The lowest BCUT2D eigenvalue weighted by Crippen LogP contribution is -2.54. The Kier molecular flexibility index (Phi) is 4.38. The Morgan fingerprint density at radius 2 is 2.09 bits per heavy atom. The zero-order valence-corrected chi connectivity index (χ0v) is 12.3. The van der Waals surface area contributed by atoms with Gasteiger partial charge in [-0.25, -0.2) is 4.39 Å². The van der Waals surface area contributed by atoms with E-state index < -0.39 is 11.9 Å².